The van der Waals surface area contributed by atoms with Crippen LogP contribution in [-0.2, 0) is 16.1 Å². The number of carbonyl (C=O) groups is 2. The van der Waals surface area contributed by atoms with Gasteiger partial charge in [-0.15, -0.1) is 0 Å². The first-order valence-electron chi connectivity index (χ1n) is 5.02. The van der Waals surface area contributed by atoms with Gasteiger partial charge in [-0.2, -0.15) is 13.2 Å². The van der Waals surface area contributed by atoms with Crippen molar-refractivity contribution in [3.8, 4) is 0 Å². The van der Waals surface area contributed by atoms with Crippen molar-refractivity contribution in [2.45, 2.75) is 12.7 Å². The Balaban J connectivity index is 2.89. The van der Waals surface area contributed by atoms with Gasteiger partial charge in [-0.1, -0.05) is 12.1 Å². The highest BCUT2D eigenvalue weighted by Crippen LogP contribution is 2.20. The van der Waals surface area contributed by atoms with E-state index in [1.54, 1.807) is 0 Å². The van der Waals surface area contributed by atoms with E-state index in [0.717, 1.165) is 12.1 Å². The second kappa shape index (κ2) is 5.68. The van der Waals surface area contributed by atoms with Gasteiger partial charge >= 0.3 is 18.1 Å². The van der Waals surface area contributed by atoms with Crippen LogP contribution in [0.5, 0.6) is 0 Å². The number of aliphatic carboxylic acids is 1. The lowest BCUT2D eigenvalue weighted by Gasteiger charge is -2.21. The molecule has 0 saturated carbocycles. The molecule has 0 unspecified atom stereocenters. The average molecular weight is 279 g/mol. The molecule has 1 amide bonds. The fraction of sp³-hybridized carbons (Fsp3) is 0.273. The van der Waals surface area contributed by atoms with Crippen molar-refractivity contribution >= 4 is 11.9 Å². The summed E-state index contributed by atoms with van der Waals surface area (Å²) in [6, 6.07) is 4.36. The van der Waals surface area contributed by atoms with Gasteiger partial charge in [-0.05, 0) is 17.7 Å². The summed E-state index contributed by atoms with van der Waals surface area (Å²) in [5.74, 6) is -4.41. The van der Waals surface area contributed by atoms with E-state index in [2.05, 4.69) is 0 Å². The average Bonchev–Trinajstić information content (AvgIpc) is 2.28. The SMILES string of the molecule is O=C(O)CN(Cc1ccc(F)cc1)C(=O)C(F)(F)F. The molecule has 0 aliphatic carbocycles. The number of amides is 1. The number of halogens is 4. The van der Waals surface area contributed by atoms with Gasteiger partial charge in [0.05, 0.1) is 0 Å². The van der Waals surface area contributed by atoms with E-state index in [1.165, 1.54) is 12.1 Å². The zero-order chi connectivity index (χ0) is 14.6. The quantitative estimate of drug-likeness (QED) is 0.855. The second-order valence-electron chi connectivity index (χ2n) is 3.68. The Kier molecular flexibility index (Phi) is 4.47. The van der Waals surface area contributed by atoms with Gasteiger partial charge in [0.1, 0.15) is 12.4 Å². The Labute approximate surface area is 105 Å². The molecule has 8 heteroatoms. The Morgan fingerprint density at radius 2 is 1.68 bits per heavy atom. The highest BCUT2D eigenvalue weighted by molar-refractivity contribution is 5.85. The Bertz CT molecular complexity index is 470. The summed E-state index contributed by atoms with van der Waals surface area (Å²) < 4.78 is 49.4. The summed E-state index contributed by atoms with van der Waals surface area (Å²) in [5.41, 5.74) is 0.195. The van der Waals surface area contributed by atoms with E-state index in [9.17, 15) is 27.2 Å². The molecule has 0 aliphatic rings. The maximum absolute atomic E-state index is 12.6. The van der Waals surface area contributed by atoms with Crippen molar-refractivity contribution < 1.29 is 32.3 Å². The van der Waals surface area contributed by atoms with E-state index in [4.69, 9.17) is 5.11 Å². The van der Waals surface area contributed by atoms with E-state index >= 15 is 0 Å². The monoisotopic (exact) mass is 279 g/mol. The van der Waals surface area contributed by atoms with Gasteiger partial charge in [-0.25, -0.2) is 4.39 Å². The number of hydrogen-bond acceptors (Lipinski definition) is 2. The van der Waals surface area contributed by atoms with Gasteiger partial charge in [0.2, 0.25) is 0 Å². The minimum absolute atomic E-state index is 0.134. The smallest absolute Gasteiger partial charge is 0.471 e. The van der Waals surface area contributed by atoms with Crippen molar-refractivity contribution in [2.75, 3.05) is 6.54 Å². The number of benzene rings is 1. The largest absolute Gasteiger partial charge is 0.480 e. The standard InChI is InChI=1S/C11H9F4NO3/c12-8-3-1-7(2-4-8)5-16(6-9(17)18)10(19)11(13,14)15/h1-4H,5-6H2,(H,17,18). The Hall–Kier alpha value is -2.12. The van der Waals surface area contributed by atoms with Crippen LogP contribution in [0, 0.1) is 5.82 Å². The maximum Gasteiger partial charge on any atom is 0.471 e. The molecule has 4 nitrogen and oxygen atoms in total. The first-order chi connectivity index (χ1) is 8.70. The number of alkyl halides is 3. The van der Waals surface area contributed by atoms with E-state index in [-0.39, 0.29) is 10.5 Å². The molecule has 0 bridgehead atoms. The van der Waals surface area contributed by atoms with Crippen LogP contribution in [0.3, 0.4) is 0 Å². The molecule has 19 heavy (non-hydrogen) atoms. The fourth-order valence-electron chi connectivity index (χ4n) is 1.35. The summed E-state index contributed by atoms with van der Waals surface area (Å²) in [4.78, 5) is 21.6. The molecule has 0 aliphatic heterocycles. The zero-order valence-corrected chi connectivity index (χ0v) is 9.45. The lowest BCUT2D eigenvalue weighted by molar-refractivity contribution is -0.187. The molecule has 1 rings (SSSR count). The van der Waals surface area contributed by atoms with Crippen LogP contribution in [0.15, 0.2) is 24.3 Å². The molecule has 1 aromatic carbocycles. The third-order valence-corrected chi connectivity index (χ3v) is 2.14. The molecular formula is C11H9F4NO3. The predicted molar refractivity (Wildman–Crippen MR) is 55.5 cm³/mol. The van der Waals surface area contributed by atoms with Gasteiger partial charge < -0.3 is 10.0 Å². The molecule has 1 aromatic rings. The van der Waals surface area contributed by atoms with Crippen molar-refractivity contribution in [3.63, 3.8) is 0 Å². The summed E-state index contributed by atoms with van der Waals surface area (Å²) in [7, 11) is 0. The lowest BCUT2D eigenvalue weighted by Crippen LogP contribution is -2.43. The number of rotatable bonds is 4. The van der Waals surface area contributed by atoms with E-state index < -0.39 is 37.0 Å². The lowest BCUT2D eigenvalue weighted by atomic mass is 10.2. The van der Waals surface area contributed by atoms with Crippen LogP contribution in [0.2, 0.25) is 0 Å². The molecule has 1 N–H and O–H groups in total. The topological polar surface area (TPSA) is 57.6 Å². The van der Waals surface area contributed by atoms with E-state index in [0.29, 0.717) is 0 Å². The van der Waals surface area contributed by atoms with Gasteiger partial charge in [0, 0.05) is 6.54 Å². The first kappa shape index (κ1) is 14.9. The molecular weight excluding hydrogens is 270 g/mol. The summed E-state index contributed by atoms with van der Waals surface area (Å²) in [6.45, 7) is -1.65. The van der Waals surface area contributed by atoms with Crippen LogP contribution < -0.4 is 0 Å². The molecule has 0 aromatic heterocycles. The molecule has 0 atom stereocenters. The first-order valence-corrected chi connectivity index (χ1v) is 5.02. The minimum atomic E-state index is -5.16. The minimum Gasteiger partial charge on any atom is -0.480 e. The second-order valence-corrected chi connectivity index (χ2v) is 3.68. The third-order valence-electron chi connectivity index (χ3n) is 2.14. The van der Waals surface area contributed by atoms with Crippen LogP contribution in [-0.4, -0.2) is 34.6 Å². The van der Waals surface area contributed by atoms with Crippen molar-refractivity contribution in [1.29, 1.82) is 0 Å². The Morgan fingerprint density at radius 3 is 2.11 bits per heavy atom. The highest BCUT2D eigenvalue weighted by atomic mass is 19.4. The third kappa shape index (κ3) is 4.57. The maximum atomic E-state index is 12.6. The van der Waals surface area contributed by atoms with Crippen molar-refractivity contribution in [3.05, 3.63) is 35.6 Å². The van der Waals surface area contributed by atoms with Crippen molar-refractivity contribution in [2.24, 2.45) is 0 Å². The summed E-state index contributed by atoms with van der Waals surface area (Å²) in [5, 5.41) is 8.50. The Morgan fingerprint density at radius 1 is 1.16 bits per heavy atom. The molecule has 0 spiro atoms. The molecule has 104 valence electrons. The van der Waals surface area contributed by atoms with Gasteiger partial charge in [-0.3, -0.25) is 9.59 Å². The predicted octanol–water partition coefficient (Wildman–Crippen LogP) is 1.80. The number of carboxylic acid groups (broad SMARTS) is 1. The fourth-order valence-corrected chi connectivity index (χ4v) is 1.35. The normalized spacial score (nSPS) is 11.2. The van der Waals surface area contributed by atoms with Crippen LogP contribution in [0.4, 0.5) is 17.6 Å². The molecule has 0 radical (unpaired) electrons. The number of nitrogens with zero attached hydrogens (tertiary/aromatic N) is 1. The number of carbonyl (C=O) groups excluding carboxylic acids is 1. The van der Waals surface area contributed by atoms with Crippen LogP contribution in [0.25, 0.3) is 0 Å². The summed E-state index contributed by atoms with van der Waals surface area (Å²) in [6.07, 6.45) is -5.16. The van der Waals surface area contributed by atoms with Crippen LogP contribution >= 0.6 is 0 Å². The van der Waals surface area contributed by atoms with Gasteiger partial charge in [0.15, 0.2) is 0 Å². The highest BCUT2D eigenvalue weighted by Gasteiger charge is 2.42. The molecule has 0 heterocycles. The molecule has 0 fully saturated rings. The van der Waals surface area contributed by atoms with Gasteiger partial charge in [0.25, 0.3) is 0 Å². The molecule has 0 saturated heterocycles. The van der Waals surface area contributed by atoms with Crippen molar-refractivity contribution in [1.82, 2.24) is 4.90 Å². The summed E-state index contributed by atoms with van der Waals surface area (Å²) >= 11 is 0. The number of carboxylic acids is 1. The zero-order valence-electron chi connectivity index (χ0n) is 9.45. The number of hydrogen-bond donors (Lipinski definition) is 1. The van der Waals surface area contributed by atoms with Crippen LogP contribution in [0.1, 0.15) is 5.56 Å². The van der Waals surface area contributed by atoms with E-state index in [1.807, 2.05) is 0 Å².